The Morgan fingerprint density at radius 1 is 1.10 bits per heavy atom. The number of carbonyl (C=O) groups is 1. The van der Waals surface area contributed by atoms with Crippen molar-refractivity contribution in [3.63, 3.8) is 0 Å². The van der Waals surface area contributed by atoms with E-state index in [1.807, 2.05) is 27.7 Å². The monoisotopic (exact) mass is 334 g/mol. The van der Waals surface area contributed by atoms with Crippen molar-refractivity contribution >= 4 is 5.78 Å². The third-order valence-electron chi connectivity index (χ3n) is 4.26. The Bertz CT molecular complexity index is 273. The Morgan fingerprint density at radius 3 is 2.10 bits per heavy atom. The normalized spacial score (nSPS) is 21.4. The largest absolute Gasteiger partial charge is 0.317 e. The van der Waals surface area contributed by atoms with Gasteiger partial charge in [-0.2, -0.15) is 0 Å². The Balaban J connectivity index is 0.00000128. The maximum atomic E-state index is 11.7. The molecule has 2 fully saturated rings. The van der Waals surface area contributed by atoms with Gasteiger partial charge >= 0.3 is 0 Å². The van der Waals surface area contributed by atoms with Crippen LogP contribution in [0.15, 0.2) is 0 Å². The molecule has 2 aliphatic heterocycles. The Morgan fingerprint density at radius 2 is 1.62 bits per heavy atom. The molecule has 0 bridgehead atoms. The molecular weight excluding hydrogens is 301 g/mol. The van der Waals surface area contributed by atoms with Crippen LogP contribution in [0.2, 0.25) is 0 Å². The van der Waals surface area contributed by atoms with Crippen molar-refractivity contribution in [3.05, 3.63) is 0 Å². The van der Waals surface area contributed by atoms with Crippen LogP contribution in [0.25, 0.3) is 0 Å². The Labute approximate surface area is 142 Å². The van der Waals surface area contributed by atoms with E-state index in [1.54, 1.807) is 0 Å². The summed E-state index contributed by atoms with van der Waals surface area (Å²) in [6, 6.07) is 0.772. The molecule has 0 aromatic carbocycles. The number of ketones is 1. The van der Waals surface area contributed by atoms with Gasteiger partial charge in [0, 0.05) is 56.7 Å². The minimum Gasteiger partial charge on any atom is -0.317 e. The van der Waals surface area contributed by atoms with Crippen LogP contribution in [-0.2, 0) is 23.4 Å². The van der Waals surface area contributed by atoms with Gasteiger partial charge in [-0.1, -0.05) is 27.7 Å². The molecule has 4 nitrogen and oxygen atoms in total. The fourth-order valence-corrected chi connectivity index (χ4v) is 2.86. The van der Waals surface area contributed by atoms with Gasteiger partial charge in [-0.3, -0.25) is 14.6 Å². The quantitative estimate of drug-likeness (QED) is 0.847. The summed E-state index contributed by atoms with van der Waals surface area (Å²) in [7, 11) is 0. The van der Waals surface area contributed by atoms with E-state index < -0.39 is 0 Å². The molecule has 0 aliphatic carbocycles. The third kappa shape index (κ3) is 7.29. The standard InChI is InChI=1S/C14H27N3O.C2H6.V/c1-12(2)14(18)11-16-7-9-17(10-8-16)13-3-5-15-6-4-13;1-2;/h12-13,15H,3-11H2,1-2H3;1-2H3;. The molecule has 123 valence electrons. The molecule has 0 unspecified atom stereocenters. The number of piperidine rings is 1. The third-order valence-corrected chi connectivity index (χ3v) is 4.26. The van der Waals surface area contributed by atoms with E-state index in [0.29, 0.717) is 12.3 Å². The van der Waals surface area contributed by atoms with Crippen molar-refractivity contribution in [1.29, 1.82) is 0 Å². The Hall–Kier alpha value is 0.134. The number of nitrogens with zero attached hydrogens (tertiary/aromatic N) is 2. The summed E-state index contributed by atoms with van der Waals surface area (Å²) >= 11 is 0. The predicted octanol–water partition coefficient (Wildman–Crippen LogP) is 1.60. The topological polar surface area (TPSA) is 35.6 Å². The molecule has 2 rings (SSSR count). The van der Waals surface area contributed by atoms with Gasteiger partial charge in [0.15, 0.2) is 0 Å². The van der Waals surface area contributed by atoms with Crippen molar-refractivity contribution in [1.82, 2.24) is 15.1 Å². The zero-order valence-corrected chi connectivity index (χ0v) is 15.7. The fraction of sp³-hybridized carbons (Fsp3) is 0.938. The van der Waals surface area contributed by atoms with E-state index in [9.17, 15) is 4.79 Å². The number of Topliss-reactive ketones (excluding diaryl/α,β-unsaturated/α-hetero) is 1. The molecule has 2 saturated heterocycles. The molecule has 2 heterocycles. The molecule has 2 aliphatic rings. The zero-order chi connectivity index (χ0) is 15.0. The number of carbonyl (C=O) groups excluding carboxylic acids is 1. The van der Waals surface area contributed by atoms with Crippen molar-refractivity contribution in [2.75, 3.05) is 45.8 Å². The van der Waals surface area contributed by atoms with Gasteiger partial charge in [-0.25, -0.2) is 0 Å². The van der Waals surface area contributed by atoms with Crippen molar-refractivity contribution in [2.24, 2.45) is 5.92 Å². The first-order valence-corrected chi connectivity index (χ1v) is 8.36. The molecule has 0 saturated carbocycles. The summed E-state index contributed by atoms with van der Waals surface area (Å²) in [5, 5.41) is 3.42. The second-order valence-corrected chi connectivity index (χ2v) is 5.91. The van der Waals surface area contributed by atoms with E-state index in [-0.39, 0.29) is 24.5 Å². The minimum atomic E-state index is 0. The average Bonchev–Trinajstić information content (AvgIpc) is 2.51. The van der Waals surface area contributed by atoms with Gasteiger partial charge in [0.1, 0.15) is 5.78 Å². The van der Waals surface area contributed by atoms with E-state index in [2.05, 4.69) is 15.1 Å². The summed E-state index contributed by atoms with van der Waals surface area (Å²) in [5.74, 6) is 0.553. The maximum Gasteiger partial charge on any atom is 0.149 e. The summed E-state index contributed by atoms with van der Waals surface area (Å²) in [4.78, 5) is 16.7. The molecule has 1 N–H and O–H groups in total. The zero-order valence-electron chi connectivity index (χ0n) is 14.3. The number of nitrogens with one attached hydrogen (secondary N) is 1. The van der Waals surface area contributed by atoms with Gasteiger partial charge < -0.3 is 5.32 Å². The Kier molecular flexibility index (Phi) is 11.7. The van der Waals surface area contributed by atoms with E-state index in [0.717, 1.165) is 45.3 Å². The van der Waals surface area contributed by atoms with E-state index in [4.69, 9.17) is 0 Å². The number of piperazine rings is 1. The van der Waals surface area contributed by atoms with Crippen LogP contribution in [-0.4, -0.2) is 67.4 Å². The van der Waals surface area contributed by atoms with Gasteiger partial charge in [-0.05, 0) is 25.9 Å². The second-order valence-electron chi connectivity index (χ2n) is 5.91. The van der Waals surface area contributed by atoms with Gasteiger partial charge in [0.25, 0.3) is 0 Å². The molecule has 0 atom stereocenters. The molecule has 0 aromatic heterocycles. The molecule has 0 amide bonds. The van der Waals surface area contributed by atoms with Crippen LogP contribution in [0.4, 0.5) is 0 Å². The first-order valence-electron chi connectivity index (χ1n) is 8.36. The number of rotatable bonds is 4. The predicted molar refractivity (Wildman–Crippen MR) is 85.1 cm³/mol. The van der Waals surface area contributed by atoms with Crippen molar-refractivity contribution < 1.29 is 23.4 Å². The van der Waals surface area contributed by atoms with Crippen LogP contribution in [0.5, 0.6) is 0 Å². The van der Waals surface area contributed by atoms with E-state index in [1.165, 1.54) is 12.8 Å². The van der Waals surface area contributed by atoms with Crippen LogP contribution in [0.1, 0.15) is 40.5 Å². The first-order chi connectivity index (χ1) is 9.66. The minimum absolute atomic E-state index is 0. The van der Waals surface area contributed by atoms with Crippen molar-refractivity contribution in [2.45, 2.75) is 46.6 Å². The number of hydrogen-bond donors (Lipinski definition) is 1. The maximum absolute atomic E-state index is 11.7. The molecule has 21 heavy (non-hydrogen) atoms. The first kappa shape index (κ1) is 21.1. The molecule has 1 radical (unpaired) electrons. The van der Waals surface area contributed by atoms with E-state index >= 15 is 0 Å². The molecule has 0 aromatic rings. The van der Waals surface area contributed by atoms with Crippen LogP contribution >= 0.6 is 0 Å². The summed E-state index contributed by atoms with van der Waals surface area (Å²) in [6.45, 7) is 15.4. The fourth-order valence-electron chi connectivity index (χ4n) is 2.86. The van der Waals surface area contributed by atoms with Crippen LogP contribution in [0, 0.1) is 5.92 Å². The molecular formula is C16H33N3OV. The van der Waals surface area contributed by atoms with Crippen molar-refractivity contribution in [3.8, 4) is 0 Å². The number of hydrogen-bond acceptors (Lipinski definition) is 4. The van der Waals surface area contributed by atoms with Gasteiger partial charge in [-0.15, -0.1) is 0 Å². The molecule has 0 spiro atoms. The summed E-state index contributed by atoms with van der Waals surface area (Å²) in [5.41, 5.74) is 0. The summed E-state index contributed by atoms with van der Waals surface area (Å²) < 4.78 is 0. The van der Waals surface area contributed by atoms with Gasteiger partial charge in [0.2, 0.25) is 0 Å². The average molecular weight is 334 g/mol. The van der Waals surface area contributed by atoms with Crippen LogP contribution < -0.4 is 5.32 Å². The van der Waals surface area contributed by atoms with Crippen LogP contribution in [0.3, 0.4) is 0 Å². The van der Waals surface area contributed by atoms with Gasteiger partial charge in [0.05, 0.1) is 6.54 Å². The molecule has 5 heteroatoms. The SMILES string of the molecule is CC.CC(C)C(=O)CN1CCN(C2CCNCC2)CC1.[V]. The summed E-state index contributed by atoms with van der Waals surface area (Å²) in [6.07, 6.45) is 2.57. The smallest absolute Gasteiger partial charge is 0.149 e. The second kappa shape index (κ2) is 11.7.